The quantitative estimate of drug-likeness (QED) is 0.180. The number of nitro benzene ring substituents is 1. The monoisotopic (exact) mass is 614 g/mol. The lowest BCUT2D eigenvalue weighted by molar-refractivity contribution is -0.384. The second-order valence-corrected chi connectivity index (χ2v) is 13.0. The van der Waals surface area contributed by atoms with Crippen molar-refractivity contribution in [1.82, 2.24) is 9.62 Å². The molecule has 1 aliphatic heterocycles. The molecule has 41 heavy (non-hydrogen) atoms. The van der Waals surface area contributed by atoms with Gasteiger partial charge in [-0.2, -0.15) is 4.31 Å². The van der Waals surface area contributed by atoms with Crippen LogP contribution in [0.1, 0.15) is 25.8 Å². The summed E-state index contributed by atoms with van der Waals surface area (Å²) in [5.41, 5.74) is 0.342. The third kappa shape index (κ3) is 10.1. The third-order valence-electron chi connectivity index (χ3n) is 6.12. The summed E-state index contributed by atoms with van der Waals surface area (Å²) < 4.78 is 55.8. The number of carbonyl (C=O) groups is 1. The van der Waals surface area contributed by atoms with Crippen molar-refractivity contribution in [2.45, 2.75) is 49.8 Å². The average molecular weight is 615 g/mol. The van der Waals surface area contributed by atoms with E-state index in [1.54, 1.807) is 44.2 Å². The number of benzene rings is 2. The molecule has 0 spiro atoms. The minimum atomic E-state index is -5.44. The summed E-state index contributed by atoms with van der Waals surface area (Å²) in [6.07, 6.45) is -2.55. The second kappa shape index (κ2) is 14.3. The molecule has 1 fully saturated rings. The van der Waals surface area contributed by atoms with Gasteiger partial charge in [-0.25, -0.2) is 13.2 Å². The fourth-order valence-electron chi connectivity index (χ4n) is 4.26. The standard InChI is InChI=1S/C25H34N3O11PS/c1-18(2)15-27(41(35,36)22-10-8-20(9-11-22)28(30)31)16-24(39-40(32,33)34)23(14-19-6-4-3-5-7-19)26-25(29)38-21-12-13-37-17-21/h3-11,18,21,23-24H,12-17H2,1-2H3,(H,26,29)(H2,32,33,34)/p-1/t21-,23-,24+/m0/s1. The van der Waals surface area contributed by atoms with Crippen molar-refractivity contribution >= 4 is 29.6 Å². The predicted octanol–water partition coefficient (Wildman–Crippen LogP) is 2.21. The fourth-order valence-corrected chi connectivity index (χ4v) is 6.43. The third-order valence-corrected chi connectivity index (χ3v) is 8.50. The van der Waals surface area contributed by atoms with Crippen LogP contribution in [0.15, 0.2) is 59.5 Å². The van der Waals surface area contributed by atoms with E-state index in [1.807, 2.05) is 0 Å². The highest BCUT2D eigenvalue weighted by atomic mass is 32.2. The van der Waals surface area contributed by atoms with E-state index in [0.29, 0.717) is 18.6 Å². The summed E-state index contributed by atoms with van der Waals surface area (Å²) in [5, 5.41) is 13.6. The second-order valence-electron chi connectivity index (χ2n) is 9.91. The number of nitro groups is 1. The highest BCUT2D eigenvalue weighted by Gasteiger charge is 2.35. The van der Waals surface area contributed by atoms with Crippen molar-refractivity contribution in [2.24, 2.45) is 5.92 Å². The fraction of sp³-hybridized carbons (Fsp3) is 0.480. The molecule has 226 valence electrons. The van der Waals surface area contributed by atoms with Gasteiger partial charge in [0.15, 0.2) is 0 Å². The molecular formula is C25H33N3O11PS-. The summed E-state index contributed by atoms with van der Waals surface area (Å²) in [6, 6.07) is 11.7. The van der Waals surface area contributed by atoms with Gasteiger partial charge in [0.05, 0.1) is 29.1 Å². The number of phosphoric ester groups is 1. The Morgan fingerprint density at radius 1 is 1.20 bits per heavy atom. The number of hydrogen-bond donors (Lipinski definition) is 2. The van der Waals surface area contributed by atoms with Gasteiger partial charge in [0.1, 0.15) is 12.2 Å². The lowest BCUT2D eigenvalue weighted by atomic mass is 10.0. The number of alkyl carbamates (subject to hydrolysis) is 1. The van der Waals surface area contributed by atoms with Crippen LogP contribution in [0.25, 0.3) is 0 Å². The molecule has 1 aliphatic rings. The van der Waals surface area contributed by atoms with Crippen LogP contribution in [0.3, 0.4) is 0 Å². The number of carbonyl (C=O) groups excluding carboxylic acids is 1. The number of rotatable bonds is 14. The van der Waals surface area contributed by atoms with Crippen molar-refractivity contribution in [3.8, 4) is 0 Å². The zero-order valence-electron chi connectivity index (χ0n) is 22.5. The number of ether oxygens (including phenoxy) is 2. The smallest absolute Gasteiger partial charge is 0.407 e. The van der Waals surface area contributed by atoms with Gasteiger partial charge in [-0.3, -0.25) is 14.7 Å². The lowest BCUT2D eigenvalue weighted by Gasteiger charge is -2.35. The highest BCUT2D eigenvalue weighted by Crippen LogP contribution is 2.35. The molecule has 0 aliphatic carbocycles. The normalized spacial score (nSPS) is 18.5. The van der Waals surface area contributed by atoms with E-state index in [2.05, 4.69) is 5.32 Å². The summed E-state index contributed by atoms with van der Waals surface area (Å²) in [7, 11) is -9.79. The van der Waals surface area contributed by atoms with E-state index >= 15 is 0 Å². The number of amides is 1. The first-order valence-electron chi connectivity index (χ1n) is 12.8. The Morgan fingerprint density at radius 2 is 1.85 bits per heavy atom. The van der Waals surface area contributed by atoms with Crippen molar-refractivity contribution in [3.05, 3.63) is 70.3 Å². The van der Waals surface area contributed by atoms with E-state index in [-0.39, 0.29) is 36.1 Å². The van der Waals surface area contributed by atoms with Gasteiger partial charge in [-0.05, 0) is 30.0 Å². The molecule has 1 heterocycles. The first-order valence-corrected chi connectivity index (χ1v) is 15.7. The zero-order chi connectivity index (χ0) is 30.2. The molecule has 2 N–H and O–H groups in total. The van der Waals surface area contributed by atoms with Gasteiger partial charge in [0.25, 0.3) is 13.5 Å². The van der Waals surface area contributed by atoms with Gasteiger partial charge >= 0.3 is 6.09 Å². The first-order chi connectivity index (χ1) is 19.2. The summed E-state index contributed by atoms with van der Waals surface area (Å²) in [4.78, 5) is 44.5. The summed E-state index contributed by atoms with van der Waals surface area (Å²) >= 11 is 0. The average Bonchev–Trinajstić information content (AvgIpc) is 3.40. The predicted molar refractivity (Wildman–Crippen MR) is 144 cm³/mol. The SMILES string of the molecule is CC(C)CN(C[C@@H](OP(=O)([O-])O)[C@H](Cc1ccccc1)NC(=O)O[C@H]1CCOC1)S(=O)(=O)c1ccc([N+](=O)[O-])cc1. The number of hydrogen-bond acceptors (Lipinski definition) is 10. The number of phosphoric acid groups is 1. The van der Waals surface area contributed by atoms with E-state index < -0.39 is 53.7 Å². The van der Waals surface area contributed by atoms with Crippen molar-refractivity contribution in [3.63, 3.8) is 0 Å². The molecular weight excluding hydrogens is 581 g/mol. The number of nitrogens with one attached hydrogen (secondary N) is 1. The lowest BCUT2D eigenvalue weighted by Crippen LogP contribution is -2.52. The van der Waals surface area contributed by atoms with Gasteiger partial charge < -0.3 is 29.1 Å². The maximum atomic E-state index is 13.6. The van der Waals surface area contributed by atoms with Crippen LogP contribution in [0, 0.1) is 16.0 Å². The largest absolute Gasteiger partial charge is 0.756 e. The van der Waals surface area contributed by atoms with Crippen LogP contribution in [0.5, 0.6) is 0 Å². The van der Waals surface area contributed by atoms with Crippen molar-refractivity contribution in [1.29, 1.82) is 0 Å². The summed E-state index contributed by atoms with van der Waals surface area (Å²) in [6.45, 7) is 3.37. The van der Waals surface area contributed by atoms with Crippen molar-refractivity contribution in [2.75, 3.05) is 26.3 Å². The van der Waals surface area contributed by atoms with E-state index in [9.17, 15) is 37.7 Å². The Hall–Kier alpha value is -2.91. The summed E-state index contributed by atoms with van der Waals surface area (Å²) in [5.74, 6) is -0.246. The Balaban J connectivity index is 1.97. The van der Waals surface area contributed by atoms with Crippen LogP contribution in [0.2, 0.25) is 0 Å². The Labute approximate surface area is 238 Å². The van der Waals surface area contributed by atoms with E-state index in [1.165, 1.54) is 0 Å². The molecule has 1 amide bonds. The van der Waals surface area contributed by atoms with Crippen LogP contribution >= 0.6 is 7.82 Å². The topological polar surface area (TPSA) is 198 Å². The van der Waals surface area contributed by atoms with Crippen LogP contribution < -0.4 is 10.2 Å². The molecule has 1 unspecified atom stereocenters. The first kappa shape index (κ1) is 32.6. The van der Waals surface area contributed by atoms with Crippen molar-refractivity contribution < 1.29 is 46.5 Å². The molecule has 4 atom stereocenters. The van der Waals surface area contributed by atoms with E-state index in [0.717, 1.165) is 28.6 Å². The number of nitrogens with zero attached hydrogens (tertiary/aromatic N) is 2. The van der Waals surface area contributed by atoms with Crippen LogP contribution in [-0.2, 0) is 35.0 Å². The molecule has 1 saturated heterocycles. The molecule has 0 saturated carbocycles. The molecule has 2 aromatic rings. The maximum absolute atomic E-state index is 13.6. The molecule has 3 rings (SSSR count). The zero-order valence-corrected chi connectivity index (χ0v) is 24.2. The maximum Gasteiger partial charge on any atom is 0.407 e. The van der Waals surface area contributed by atoms with Gasteiger partial charge in [-0.15, -0.1) is 0 Å². The van der Waals surface area contributed by atoms with Gasteiger partial charge in [0.2, 0.25) is 10.0 Å². The Bertz CT molecular complexity index is 1310. The highest BCUT2D eigenvalue weighted by molar-refractivity contribution is 7.89. The van der Waals surface area contributed by atoms with E-state index in [4.69, 9.17) is 14.0 Å². The Kier molecular flexibility index (Phi) is 11.4. The molecule has 0 bridgehead atoms. The Morgan fingerprint density at radius 3 is 2.39 bits per heavy atom. The molecule has 0 radical (unpaired) electrons. The molecule has 16 heteroatoms. The molecule has 2 aromatic carbocycles. The molecule has 0 aromatic heterocycles. The minimum absolute atomic E-state index is 0.00509. The van der Waals surface area contributed by atoms with Crippen LogP contribution in [0.4, 0.5) is 10.5 Å². The minimum Gasteiger partial charge on any atom is -0.756 e. The van der Waals surface area contributed by atoms with Gasteiger partial charge in [-0.1, -0.05) is 44.2 Å². The number of non-ortho nitro benzene ring substituents is 1. The number of sulfonamides is 1. The van der Waals surface area contributed by atoms with Crippen LogP contribution in [-0.4, -0.2) is 73.2 Å². The molecule has 14 nitrogen and oxygen atoms in total. The van der Waals surface area contributed by atoms with Gasteiger partial charge in [0, 0.05) is 31.6 Å².